The fourth-order valence-corrected chi connectivity index (χ4v) is 1.61. The van der Waals surface area contributed by atoms with Crippen LogP contribution in [0.1, 0.15) is 47.0 Å². The Bertz CT molecular complexity index is 180. The first-order valence-electron chi connectivity index (χ1n) is 5.36. The molecule has 0 heterocycles. The third-order valence-corrected chi connectivity index (χ3v) is 2.42. The van der Waals surface area contributed by atoms with Gasteiger partial charge in [-0.15, -0.1) is 0 Å². The lowest BCUT2D eigenvalue weighted by atomic mass is 9.89. The molecule has 0 spiro atoms. The van der Waals surface area contributed by atoms with Crippen molar-refractivity contribution < 1.29 is 9.90 Å². The summed E-state index contributed by atoms with van der Waals surface area (Å²) in [5.74, 6) is -0.0982. The second-order valence-corrected chi connectivity index (χ2v) is 4.59. The second kappa shape index (κ2) is 6.02. The van der Waals surface area contributed by atoms with E-state index in [-0.39, 0.29) is 12.0 Å². The Morgan fingerprint density at radius 3 is 2.43 bits per heavy atom. The van der Waals surface area contributed by atoms with Gasteiger partial charge in [-0.2, -0.15) is 0 Å². The molecule has 1 unspecified atom stereocenters. The SMILES string of the molecule is CCNC(C)(CCC(C)C)CC(=O)O. The molecule has 3 nitrogen and oxygen atoms in total. The molecule has 0 aliphatic heterocycles. The van der Waals surface area contributed by atoms with Gasteiger partial charge >= 0.3 is 5.97 Å². The minimum absolute atomic E-state index is 0.202. The molecular formula is C11H23NO2. The monoisotopic (exact) mass is 201 g/mol. The van der Waals surface area contributed by atoms with E-state index in [2.05, 4.69) is 19.2 Å². The Labute approximate surface area is 86.9 Å². The van der Waals surface area contributed by atoms with Gasteiger partial charge < -0.3 is 10.4 Å². The van der Waals surface area contributed by atoms with Crippen LogP contribution in [0.25, 0.3) is 0 Å². The maximum Gasteiger partial charge on any atom is 0.305 e. The predicted molar refractivity (Wildman–Crippen MR) is 58.4 cm³/mol. The van der Waals surface area contributed by atoms with Gasteiger partial charge in [-0.3, -0.25) is 4.79 Å². The van der Waals surface area contributed by atoms with Crippen molar-refractivity contribution in [1.29, 1.82) is 0 Å². The number of rotatable bonds is 7. The summed E-state index contributed by atoms with van der Waals surface area (Å²) in [5.41, 5.74) is -0.245. The Kier molecular flexibility index (Phi) is 5.77. The van der Waals surface area contributed by atoms with E-state index in [4.69, 9.17) is 5.11 Å². The molecule has 3 heteroatoms. The standard InChI is InChI=1S/C11H23NO2/c1-5-12-11(4,8-10(13)14)7-6-9(2)3/h9,12H,5-8H2,1-4H3,(H,13,14). The van der Waals surface area contributed by atoms with E-state index in [1.54, 1.807) is 0 Å². The molecule has 0 saturated heterocycles. The van der Waals surface area contributed by atoms with E-state index in [0.717, 1.165) is 19.4 Å². The van der Waals surface area contributed by atoms with Gasteiger partial charge in [0.15, 0.2) is 0 Å². The molecule has 0 radical (unpaired) electrons. The van der Waals surface area contributed by atoms with Crippen molar-refractivity contribution in [3.8, 4) is 0 Å². The molecule has 0 aliphatic rings. The lowest BCUT2D eigenvalue weighted by Crippen LogP contribution is -2.44. The van der Waals surface area contributed by atoms with Gasteiger partial charge in [0.2, 0.25) is 0 Å². The van der Waals surface area contributed by atoms with Crippen molar-refractivity contribution in [3.63, 3.8) is 0 Å². The molecule has 0 aliphatic carbocycles. The number of carboxylic acids is 1. The normalized spacial score (nSPS) is 15.5. The Morgan fingerprint density at radius 1 is 1.50 bits per heavy atom. The van der Waals surface area contributed by atoms with Gasteiger partial charge in [0, 0.05) is 5.54 Å². The Balaban J connectivity index is 4.15. The summed E-state index contributed by atoms with van der Waals surface area (Å²) in [4.78, 5) is 10.7. The zero-order valence-corrected chi connectivity index (χ0v) is 9.76. The van der Waals surface area contributed by atoms with Crippen molar-refractivity contribution >= 4 is 5.97 Å². The van der Waals surface area contributed by atoms with Gasteiger partial charge in [0.25, 0.3) is 0 Å². The minimum Gasteiger partial charge on any atom is -0.481 e. The maximum atomic E-state index is 10.7. The molecule has 14 heavy (non-hydrogen) atoms. The van der Waals surface area contributed by atoms with E-state index < -0.39 is 5.97 Å². The second-order valence-electron chi connectivity index (χ2n) is 4.59. The van der Waals surface area contributed by atoms with E-state index in [9.17, 15) is 4.79 Å². The van der Waals surface area contributed by atoms with E-state index in [1.807, 2.05) is 13.8 Å². The van der Waals surface area contributed by atoms with Crippen molar-refractivity contribution in [2.45, 2.75) is 52.5 Å². The zero-order chi connectivity index (χ0) is 11.2. The van der Waals surface area contributed by atoms with E-state index in [0.29, 0.717) is 5.92 Å². The number of nitrogens with one attached hydrogen (secondary N) is 1. The molecular weight excluding hydrogens is 178 g/mol. The molecule has 0 bridgehead atoms. The van der Waals surface area contributed by atoms with Crippen LogP contribution in [0, 0.1) is 5.92 Å². The molecule has 84 valence electrons. The van der Waals surface area contributed by atoms with Gasteiger partial charge in [0.05, 0.1) is 6.42 Å². The highest BCUT2D eigenvalue weighted by Gasteiger charge is 2.25. The number of hydrogen-bond acceptors (Lipinski definition) is 2. The van der Waals surface area contributed by atoms with Crippen LogP contribution in [0.2, 0.25) is 0 Å². The molecule has 0 aromatic carbocycles. The zero-order valence-electron chi connectivity index (χ0n) is 9.76. The summed E-state index contributed by atoms with van der Waals surface area (Å²) in [6.45, 7) is 9.14. The van der Waals surface area contributed by atoms with Crippen LogP contribution in [0.4, 0.5) is 0 Å². The molecule has 0 saturated carbocycles. The van der Waals surface area contributed by atoms with Crippen LogP contribution in [0.3, 0.4) is 0 Å². The molecule has 0 fully saturated rings. The predicted octanol–water partition coefficient (Wildman–Crippen LogP) is 2.27. The third kappa shape index (κ3) is 5.97. The number of aliphatic carboxylic acids is 1. The molecule has 2 N–H and O–H groups in total. The number of carbonyl (C=O) groups is 1. The molecule has 0 aromatic rings. The summed E-state index contributed by atoms with van der Waals surface area (Å²) in [6.07, 6.45) is 2.19. The smallest absolute Gasteiger partial charge is 0.305 e. The summed E-state index contributed by atoms with van der Waals surface area (Å²) >= 11 is 0. The van der Waals surface area contributed by atoms with Crippen LogP contribution in [0.5, 0.6) is 0 Å². The topological polar surface area (TPSA) is 49.3 Å². The first kappa shape index (κ1) is 13.4. The minimum atomic E-state index is -0.725. The van der Waals surface area contributed by atoms with Crippen molar-refractivity contribution in [2.75, 3.05) is 6.54 Å². The van der Waals surface area contributed by atoms with Crippen LogP contribution in [-0.4, -0.2) is 23.2 Å². The average Bonchev–Trinajstić information content (AvgIpc) is 2.00. The lowest BCUT2D eigenvalue weighted by molar-refractivity contribution is -0.138. The first-order chi connectivity index (χ1) is 6.39. The molecule has 0 rings (SSSR count). The highest BCUT2D eigenvalue weighted by molar-refractivity contribution is 5.68. The van der Waals surface area contributed by atoms with Crippen LogP contribution < -0.4 is 5.32 Å². The van der Waals surface area contributed by atoms with E-state index in [1.165, 1.54) is 0 Å². The molecule has 0 amide bonds. The van der Waals surface area contributed by atoms with Crippen LogP contribution in [-0.2, 0) is 4.79 Å². The molecule has 0 aromatic heterocycles. The summed E-state index contributed by atoms with van der Waals surface area (Å²) in [7, 11) is 0. The average molecular weight is 201 g/mol. The van der Waals surface area contributed by atoms with Crippen molar-refractivity contribution in [2.24, 2.45) is 5.92 Å². The van der Waals surface area contributed by atoms with Crippen molar-refractivity contribution in [1.82, 2.24) is 5.32 Å². The third-order valence-electron chi connectivity index (χ3n) is 2.42. The van der Waals surface area contributed by atoms with Gasteiger partial charge in [-0.25, -0.2) is 0 Å². The maximum absolute atomic E-state index is 10.7. The quantitative estimate of drug-likeness (QED) is 0.664. The summed E-state index contributed by atoms with van der Waals surface area (Å²) in [6, 6.07) is 0. The van der Waals surface area contributed by atoms with Gasteiger partial charge in [0.1, 0.15) is 0 Å². The number of carboxylic acid groups (broad SMARTS) is 1. The lowest BCUT2D eigenvalue weighted by Gasteiger charge is -2.29. The highest BCUT2D eigenvalue weighted by Crippen LogP contribution is 2.20. The Hall–Kier alpha value is -0.570. The Morgan fingerprint density at radius 2 is 2.07 bits per heavy atom. The highest BCUT2D eigenvalue weighted by atomic mass is 16.4. The van der Waals surface area contributed by atoms with Gasteiger partial charge in [-0.1, -0.05) is 20.8 Å². The molecule has 1 atom stereocenters. The van der Waals surface area contributed by atoms with Gasteiger partial charge in [-0.05, 0) is 32.2 Å². The summed E-state index contributed by atoms with van der Waals surface area (Å²) < 4.78 is 0. The fourth-order valence-electron chi connectivity index (χ4n) is 1.61. The largest absolute Gasteiger partial charge is 0.481 e. The fraction of sp³-hybridized carbons (Fsp3) is 0.909. The van der Waals surface area contributed by atoms with Crippen molar-refractivity contribution in [3.05, 3.63) is 0 Å². The summed E-state index contributed by atoms with van der Waals surface area (Å²) in [5, 5.41) is 12.1. The van der Waals surface area contributed by atoms with E-state index >= 15 is 0 Å². The van der Waals surface area contributed by atoms with Crippen LogP contribution in [0.15, 0.2) is 0 Å². The first-order valence-corrected chi connectivity index (χ1v) is 5.36. The van der Waals surface area contributed by atoms with Crippen LogP contribution >= 0.6 is 0 Å². The number of hydrogen-bond donors (Lipinski definition) is 2.